The van der Waals surface area contributed by atoms with E-state index in [2.05, 4.69) is 10.3 Å². The maximum Gasteiger partial charge on any atom is 0.225 e. The Balaban J connectivity index is 1.82. The molecule has 1 aliphatic rings. The van der Waals surface area contributed by atoms with Crippen molar-refractivity contribution in [3.8, 4) is 0 Å². The number of hydrogen-bond acceptors (Lipinski definition) is 4. The lowest BCUT2D eigenvalue weighted by Gasteiger charge is -2.19. The van der Waals surface area contributed by atoms with Crippen molar-refractivity contribution in [3.63, 3.8) is 0 Å². The number of likely N-dealkylation sites (N-methyl/N-ethyl adjacent to an activating group) is 1. The first-order chi connectivity index (χ1) is 10.5. The third kappa shape index (κ3) is 4.53. The van der Waals surface area contributed by atoms with E-state index in [1.54, 1.807) is 4.90 Å². The van der Waals surface area contributed by atoms with Crippen molar-refractivity contribution in [1.82, 2.24) is 20.1 Å². The number of carbonyl (C=O) groups excluding carboxylic acids is 2. The fourth-order valence-corrected chi connectivity index (χ4v) is 2.50. The molecule has 0 unspecified atom stereocenters. The normalized spacial score (nSPS) is 18.1. The molecule has 1 aromatic rings. The van der Waals surface area contributed by atoms with E-state index in [0.29, 0.717) is 26.1 Å². The maximum atomic E-state index is 12.2. The molecule has 1 saturated heterocycles. The van der Waals surface area contributed by atoms with Gasteiger partial charge >= 0.3 is 0 Å². The highest BCUT2D eigenvalue weighted by Crippen LogP contribution is 2.17. The molecular weight excluding hydrogens is 280 g/mol. The summed E-state index contributed by atoms with van der Waals surface area (Å²) in [6.45, 7) is 4.33. The number of likely N-dealkylation sites (tertiary alicyclic amines) is 1. The Morgan fingerprint density at radius 3 is 2.91 bits per heavy atom. The molecule has 0 spiro atoms. The van der Waals surface area contributed by atoms with Gasteiger partial charge in [0.15, 0.2) is 0 Å². The number of aromatic nitrogens is 1. The standard InChI is InChI=1S/C16H24N4O2/c1-12-5-4-6-14(18-12)10-17-16(22)13-9-15(21)20(11-13)8-7-19(2)3/h4-6,13H,7-11H2,1-3H3,(H,17,22)/t13-/m1/s1. The fraction of sp³-hybridized carbons (Fsp3) is 0.562. The minimum absolute atomic E-state index is 0.0654. The highest BCUT2D eigenvalue weighted by Gasteiger charge is 2.33. The molecule has 22 heavy (non-hydrogen) atoms. The number of nitrogens with zero attached hydrogens (tertiary/aromatic N) is 3. The van der Waals surface area contributed by atoms with Crippen LogP contribution in [0.3, 0.4) is 0 Å². The summed E-state index contributed by atoms with van der Waals surface area (Å²) in [7, 11) is 3.94. The predicted octanol–water partition coefficient (Wildman–Crippen LogP) is 0.416. The number of hydrogen-bond donors (Lipinski definition) is 1. The van der Waals surface area contributed by atoms with Crippen LogP contribution in [-0.2, 0) is 16.1 Å². The van der Waals surface area contributed by atoms with Crippen LogP contribution in [0, 0.1) is 12.8 Å². The van der Waals surface area contributed by atoms with Crippen LogP contribution in [0.4, 0.5) is 0 Å². The minimum atomic E-state index is -0.250. The van der Waals surface area contributed by atoms with Gasteiger partial charge < -0.3 is 15.1 Å². The molecule has 120 valence electrons. The van der Waals surface area contributed by atoms with E-state index in [1.807, 2.05) is 44.1 Å². The zero-order valence-electron chi connectivity index (χ0n) is 13.5. The first-order valence-corrected chi connectivity index (χ1v) is 7.58. The summed E-state index contributed by atoms with van der Waals surface area (Å²) in [5.74, 6) is -0.251. The lowest BCUT2D eigenvalue weighted by atomic mass is 10.1. The summed E-state index contributed by atoms with van der Waals surface area (Å²) in [6.07, 6.45) is 0.306. The first kappa shape index (κ1) is 16.4. The molecule has 1 aromatic heterocycles. The molecule has 2 rings (SSSR count). The quantitative estimate of drug-likeness (QED) is 0.827. The summed E-state index contributed by atoms with van der Waals surface area (Å²) >= 11 is 0. The number of carbonyl (C=O) groups is 2. The van der Waals surface area contributed by atoms with Gasteiger partial charge in [-0.3, -0.25) is 14.6 Å². The molecule has 0 saturated carbocycles. The second-order valence-electron chi connectivity index (χ2n) is 6.03. The van der Waals surface area contributed by atoms with Gasteiger partial charge in [-0.15, -0.1) is 0 Å². The second kappa shape index (κ2) is 7.35. The number of amides is 2. The zero-order chi connectivity index (χ0) is 16.1. The van der Waals surface area contributed by atoms with E-state index >= 15 is 0 Å². The van der Waals surface area contributed by atoms with Gasteiger partial charge in [-0.1, -0.05) is 6.07 Å². The van der Waals surface area contributed by atoms with Crippen molar-refractivity contribution in [3.05, 3.63) is 29.6 Å². The monoisotopic (exact) mass is 304 g/mol. The third-order valence-electron chi connectivity index (χ3n) is 3.79. The molecule has 1 aliphatic heterocycles. The van der Waals surface area contributed by atoms with E-state index in [9.17, 15) is 9.59 Å². The molecule has 0 bridgehead atoms. The zero-order valence-corrected chi connectivity index (χ0v) is 13.5. The first-order valence-electron chi connectivity index (χ1n) is 7.58. The summed E-state index contributed by atoms with van der Waals surface area (Å²) in [4.78, 5) is 32.3. The van der Waals surface area contributed by atoms with Gasteiger partial charge in [0, 0.05) is 31.7 Å². The van der Waals surface area contributed by atoms with Gasteiger partial charge in [-0.25, -0.2) is 0 Å². The number of aryl methyl sites for hydroxylation is 1. The highest BCUT2D eigenvalue weighted by molar-refractivity contribution is 5.89. The molecule has 0 radical (unpaired) electrons. The van der Waals surface area contributed by atoms with Gasteiger partial charge in [0.25, 0.3) is 0 Å². The van der Waals surface area contributed by atoms with Crippen molar-refractivity contribution in [1.29, 1.82) is 0 Å². The molecule has 2 heterocycles. The lowest BCUT2D eigenvalue weighted by molar-refractivity contribution is -0.129. The maximum absolute atomic E-state index is 12.2. The van der Waals surface area contributed by atoms with E-state index in [1.165, 1.54) is 0 Å². The van der Waals surface area contributed by atoms with Crippen LogP contribution in [-0.4, -0.2) is 60.3 Å². The number of rotatable bonds is 6. The molecule has 6 heteroatoms. The van der Waals surface area contributed by atoms with Crippen molar-refractivity contribution in [2.24, 2.45) is 5.92 Å². The van der Waals surface area contributed by atoms with E-state index < -0.39 is 0 Å². The summed E-state index contributed by atoms with van der Waals surface area (Å²) < 4.78 is 0. The summed E-state index contributed by atoms with van der Waals surface area (Å²) in [5, 5.41) is 2.88. The molecule has 0 aliphatic carbocycles. The van der Waals surface area contributed by atoms with Crippen LogP contribution in [0.15, 0.2) is 18.2 Å². The van der Waals surface area contributed by atoms with Gasteiger partial charge in [0.05, 0.1) is 18.2 Å². The van der Waals surface area contributed by atoms with E-state index in [-0.39, 0.29) is 17.7 Å². The van der Waals surface area contributed by atoms with Crippen LogP contribution in [0.25, 0.3) is 0 Å². The second-order valence-corrected chi connectivity index (χ2v) is 6.03. The summed E-state index contributed by atoms with van der Waals surface area (Å²) in [5.41, 5.74) is 1.76. The molecule has 1 fully saturated rings. The molecule has 0 aromatic carbocycles. The minimum Gasteiger partial charge on any atom is -0.350 e. The van der Waals surface area contributed by atoms with Crippen molar-refractivity contribution in [2.75, 3.05) is 33.7 Å². The Labute approximate surface area is 131 Å². The van der Waals surface area contributed by atoms with Crippen LogP contribution >= 0.6 is 0 Å². The SMILES string of the molecule is Cc1cccc(CNC(=O)[C@@H]2CC(=O)N(CCN(C)C)C2)n1. The van der Waals surface area contributed by atoms with Gasteiger partial charge in [0.1, 0.15) is 0 Å². The molecule has 1 atom stereocenters. The topological polar surface area (TPSA) is 65.5 Å². The van der Waals surface area contributed by atoms with Crippen LogP contribution in [0.5, 0.6) is 0 Å². The van der Waals surface area contributed by atoms with Crippen LogP contribution in [0.2, 0.25) is 0 Å². The molecule has 1 N–H and O–H groups in total. The fourth-order valence-electron chi connectivity index (χ4n) is 2.50. The molecule has 2 amide bonds. The largest absolute Gasteiger partial charge is 0.350 e. The molecular formula is C16H24N4O2. The highest BCUT2D eigenvalue weighted by atomic mass is 16.2. The Morgan fingerprint density at radius 2 is 2.23 bits per heavy atom. The number of pyridine rings is 1. The van der Waals surface area contributed by atoms with Crippen molar-refractivity contribution in [2.45, 2.75) is 19.9 Å². The summed E-state index contributed by atoms with van der Waals surface area (Å²) in [6, 6.07) is 5.73. The van der Waals surface area contributed by atoms with Gasteiger partial charge in [0.2, 0.25) is 11.8 Å². The van der Waals surface area contributed by atoms with Gasteiger partial charge in [-0.05, 0) is 33.2 Å². The lowest BCUT2D eigenvalue weighted by Crippen LogP contribution is -2.35. The number of nitrogens with one attached hydrogen (secondary N) is 1. The Hall–Kier alpha value is -1.95. The Bertz CT molecular complexity index is 545. The average molecular weight is 304 g/mol. The molecule has 6 nitrogen and oxygen atoms in total. The third-order valence-corrected chi connectivity index (χ3v) is 3.79. The van der Waals surface area contributed by atoms with Crippen LogP contribution in [0.1, 0.15) is 17.8 Å². The van der Waals surface area contributed by atoms with E-state index in [0.717, 1.165) is 17.9 Å². The van der Waals surface area contributed by atoms with Gasteiger partial charge in [-0.2, -0.15) is 0 Å². The average Bonchev–Trinajstić information content (AvgIpc) is 2.84. The Morgan fingerprint density at radius 1 is 1.45 bits per heavy atom. The smallest absolute Gasteiger partial charge is 0.225 e. The van der Waals surface area contributed by atoms with Crippen molar-refractivity contribution < 1.29 is 9.59 Å². The van der Waals surface area contributed by atoms with E-state index in [4.69, 9.17) is 0 Å². The van der Waals surface area contributed by atoms with Crippen molar-refractivity contribution >= 4 is 11.8 Å². The predicted molar refractivity (Wildman–Crippen MR) is 84.1 cm³/mol. The Kier molecular flexibility index (Phi) is 5.49. The van der Waals surface area contributed by atoms with Crippen LogP contribution < -0.4 is 5.32 Å².